The van der Waals surface area contributed by atoms with Crippen LogP contribution >= 0.6 is 0 Å². The van der Waals surface area contributed by atoms with Gasteiger partial charge in [-0.15, -0.1) is 0 Å². The van der Waals surface area contributed by atoms with Gasteiger partial charge in [-0.3, -0.25) is 33.6 Å². The predicted octanol–water partition coefficient (Wildman–Crippen LogP) is 3.36. The molecule has 0 spiro atoms. The summed E-state index contributed by atoms with van der Waals surface area (Å²) in [6, 6.07) is 9.00. The molecule has 50 heavy (non-hydrogen) atoms. The molecule has 0 bridgehead atoms. The number of phenolic OH excluding ortho intramolecular Hbond substituents is 1. The van der Waals surface area contributed by atoms with E-state index in [0.29, 0.717) is 23.1 Å². The van der Waals surface area contributed by atoms with E-state index in [1.807, 2.05) is 0 Å². The number of rotatable bonds is 6. The predicted molar refractivity (Wildman–Crippen MR) is 168 cm³/mol. The molecule has 5 N–H and O–H groups in total. The third-order valence-corrected chi connectivity index (χ3v) is 11.1. The fourth-order valence-electron chi connectivity index (χ4n) is 8.89. The first kappa shape index (κ1) is 35.1. The Labute approximate surface area is 283 Å². The van der Waals surface area contributed by atoms with Crippen molar-refractivity contribution in [1.29, 1.82) is 0 Å². The number of amides is 2. The lowest BCUT2D eigenvalue weighted by molar-refractivity contribution is -0.182. The number of fused-ring (bicyclic) bond motifs is 3. The van der Waals surface area contributed by atoms with E-state index >= 15 is 0 Å². The van der Waals surface area contributed by atoms with E-state index in [2.05, 4.69) is 5.32 Å². The third kappa shape index (κ3) is 5.35. The van der Waals surface area contributed by atoms with Gasteiger partial charge in [0.2, 0.25) is 17.6 Å². The monoisotopic (exact) mass is 696 g/mol. The van der Waals surface area contributed by atoms with Crippen LogP contribution in [-0.4, -0.2) is 62.7 Å². The number of alkyl halides is 3. The van der Waals surface area contributed by atoms with Crippen molar-refractivity contribution in [1.82, 2.24) is 0 Å². The fourth-order valence-corrected chi connectivity index (χ4v) is 8.89. The number of aromatic hydroxyl groups is 1. The second-order valence-corrected chi connectivity index (χ2v) is 14.2. The molecule has 0 aromatic heterocycles. The van der Waals surface area contributed by atoms with E-state index in [9.17, 15) is 56.9 Å². The maximum absolute atomic E-state index is 14.0. The molecule has 264 valence electrons. The number of hydrogen-bond acceptors (Lipinski definition) is 9. The number of Topliss-reactive ketones (excluding diaryl/α,β-unsaturated/α-hetero) is 5. The van der Waals surface area contributed by atoms with E-state index in [0.717, 1.165) is 0 Å². The summed E-state index contributed by atoms with van der Waals surface area (Å²) in [5.74, 6) is -18.1. The Morgan fingerprint density at radius 3 is 2.20 bits per heavy atom. The molecule has 8 atom stereocenters. The minimum Gasteiger partial charge on any atom is -0.507 e. The molecular formula is C36H35F3N2O9. The molecule has 3 fully saturated rings. The molecule has 0 radical (unpaired) electrons. The molecular weight excluding hydrogens is 661 g/mol. The Bertz CT molecular complexity index is 1850. The summed E-state index contributed by atoms with van der Waals surface area (Å²) < 4.78 is 39.2. The quantitative estimate of drug-likeness (QED) is 0.327. The van der Waals surface area contributed by atoms with Crippen LogP contribution in [0.1, 0.15) is 55.5 Å². The number of phenols is 1. The molecule has 4 aliphatic rings. The van der Waals surface area contributed by atoms with Crippen LogP contribution in [0.25, 0.3) is 11.1 Å². The minimum atomic E-state index is -5.04. The van der Waals surface area contributed by atoms with Gasteiger partial charge >= 0.3 is 6.18 Å². The topological polar surface area (TPSA) is 198 Å². The summed E-state index contributed by atoms with van der Waals surface area (Å²) in [6.07, 6.45) is -4.66. The first-order valence-corrected chi connectivity index (χ1v) is 16.4. The first-order valence-electron chi connectivity index (χ1n) is 16.4. The van der Waals surface area contributed by atoms with Gasteiger partial charge in [0.1, 0.15) is 5.75 Å². The minimum absolute atomic E-state index is 0.0355. The van der Waals surface area contributed by atoms with Crippen molar-refractivity contribution < 1.29 is 56.9 Å². The number of ketones is 5. The number of benzene rings is 2. The van der Waals surface area contributed by atoms with Crippen LogP contribution in [0.3, 0.4) is 0 Å². The summed E-state index contributed by atoms with van der Waals surface area (Å²) in [5.41, 5.74) is 4.05. The number of halogens is 3. The zero-order valence-corrected chi connectivity index (χ0v) is 27.1. The Balaban J connectivity index is 1.30. The maximum Gasteiger partial charge on any atom is 0.450 e. The maximum atomic E-state index is 14.0. The largest absolute Gasteiger partial charge is 0.507 e. The zero-order valence-electron chi connectivity index (χ0n) is 27.1. The van der Waals surface area contributed by atoms with Crippen LogP contribution in [0.2, 0.25) is 0 Å². The standard InChI is InChI=1S/C36H35F3N2O9/c1-14(2)24-22-13-16-12-21-18(15-6-8-17(9-7-15)41-34(49)20-5-3-4-19(20)30(45)36(37,38)39)10-11-23(42)26(21)29(44)25(16)31(46)35(22,50)32(47)27(28(24)43)33(40)48/h6-11,14,16,19-20,22,24-25,27,42,50H,3-5,12-13H2,1-2H3,(H2,40,48)(H,41,49)/t16-,19?,20?,22-,24-,25?,27?,35-/m0/s1. The van der Waals surface area contributed by atoms with E-state index in [-0.39, 0.29) is 36.9 Å². The van der Waals surface area contributed by atoms with Crippen molar-refractivity contribution in [2.45, 2.75) is 57.7 Å². The van der Waals surface area contributed by atoms with Gasteiger partial charge in [0.15, 0.2) is 34.7 Å². The van der Waals surface area contributed by atoms with Crippen LogP contribution in [0.5, 0.6) is 5.75 Å². The molecule has 14 heteroatoms. The fraction of sp³-hybridized carbons (Fsp3) is 0.472. The van der Waals surface area contributed by atoms with Crippen LogP contribution in [-0.2, 0) is 35.2 Å². The number of nitrogens with one attached hydrogen (secondary N) is 1. The number of carbonyl (C=O) groups excluding carboxylic acids is 7. The van der Waals surface area contributed by atoms with Crippen LogP contribution in [0.4, 0.5) is 18.9 Å². The Kier molecular flexibility index (Phi) is 8.61. The average Bonchev–Trinajstić information content (AvgIpc) is 3.52. The number of nitrogens with two attached hydrogens (primary N) is 1. The van der Waals surface area contributed by atoms with Crippen molar-refractivity contribution >= 4 is 46.4 Å². The highest BCUT2D eigenvalue weighted by Gasteiger charge is 2.69. The molecule has 0 saturated heterocycles. The molecule has 4 unspecified atom stereocenters. The summed E-state index contributed by atoms with van der Waals surface area (Å²) in [4.78, 5) is 91.8. The summed E-state index contributed by atoms with van der Waals surface area (Å²) >= 11 is 0. The smallest absolute Gasteiger partial charge is 0.450 e. The van der Waals surface area contributed by atoms with Crippen molar-refractivity contribution in [3.05, 3.63) is 47.5 Å². The zero-order chi connectivity index (χ0) is 36.6. The molecule has 4 aliphatic carbocycles. The van der Waals surface area contributed by atoms with Gasteiger partial charge in [-0.2, -0.15) is 13.2 Å². The molecule has 2 aromatic carbocycles. The number of primary amides is 1. The van der Waals surface area contributed by atoms with Crippen molar-refractivity contribution in [3.63, 3.8) is 0 Å². The van der Waals surface area contributed by atoms with E-state index in [1.165, 1.54) is 18.2 Å². The molecule has 0 aliphatic heterocycles. The molecule has 0 heterocycles. The van der Waals surface area contributed by atoms with E-state index in [1.54, 1.807) is 32.0 Å². The second kappa shape index (κ2) is 12.3. The summed E-state index contributed by atoms with van der Waals surface area (Å²) in [5, 5.41) is 25.2. The van der Waals surface area contributed by atoms with Gasteiger partial charge in [0.25, 0.3) is 0 Å². The van der Waals surface area contributed by atoms with Crippen molar-refractivity contribution in [3.8, 4) is 16.9 Å². The van der Waals surface area contributed by atoms with E-state index < -0.39 is 106 Å². The Morgan fingerprint density at radius 2 is 1.60 bits per heavy atom. The van der Waals surface area contributed by atoms with Crippen LogP contribution < -0.4 is 11.1 Å². The highest BCUT2D eigenvalue weighted by Crippen LogP contribution is 2.53. The highest BCUT2D eigenvalue weighted by atomic mass is 19.4. The number of anilines is 1. The van der Waals surface area contributed by atoms with Crippen molar-refractivity contribution in [2.75, 3.05) is 5.32 Å². The number of carbonyl (C=O) groups is 7. The Hall–Kier alpha value is -4.72. The molecule has 2 aromatic rings. The van der Waals surface area contributed by atoms with Gasteiger partial charge in [-0.1, -0.05) is 38.5 Å². The number of aliphatic hydroxyl groups is 1. The Morgan fingerprint density at radius 1 is 0.960 bits per heavy atom. The molecule has 3 saturated carbocycles. The average molecular weight is 697 g/mol. The van der Waals surface area contributed by atoms with E-state index in [4.69, 9.17) is 5.73 Å². The molecule has 6 rings (SSSR count). The molecule has 11 nitrogen and oxygen atoms in total. The van der Waals surface area contributed by atoms with Crippen LogP contribution in [0.15, 0.2) is 36.4 Å². The van der Waals surface area contributed by atoms with Gasteiger partial charge in [-0.05, 0) is 72.4 Å². The SMILES string of the molecule is CC(C)[C@@H]1C(=O)C(C(N)=O)C(=O)[C@@]2(O)C(=O)C3C(=O)c4c(O)ccc(-c5ccc(NC(=O)C6CCCC6C(=O)C(F)(F)F)cc5)c4C[C@H]3C[C@@H]12. The van der Waals surface area contributed by atoms with Gasteiger partial charge in [0, 0.05) is 29.4 Å². The normalized spacial score (nSPS) is 30.8. The van der Waals surface area contributed by atoms with Gasteiger partial charge in [0.05, 0.1) is 11.5 Å². The molecule has 2 amide bonds. The number of hydrogen-bond donors (Lipinski definition) is 4. The lowest BCUT2D eigenvalue weighted by atomic mass is 9.49. The first-order chi connectivity index (χ1) is 23.4. The lowest BCUT2D eigenvalue weighted by Crippen LogP contribution is -2.71. The lowest BCUT2D eigenvalue weighted by Gasteiger charge is -2.52. The van der Waals surface area contributed by atoms with Crippen LogP contribution in [0, 0.1) is 47.3 Å². The third-order valence-electron chi connectivity index (χ3n) is 11.1. The summed E-state index contributed by atoms with van der Waals surface area (Å²) in [7, 11) is 0. The second-order valence-electron chi connectivity index (χ2n) is 14.2. The highest BCUT2D eigenvalue weighted by molar-refractivity contribution is 6.32. The van der Waals surface area contributed by atoms with Gasteiger partial charge < -0.3 is 21.3 Å². The van der Waals surface area contributed by atoms with Gasteiger partial charge in [-0.25, -0.2) is 0 Å². The van der Waals surface area contributed by atoms with Crippen molar-refractivity contribution in [2.24, 2.45) is 53.1 Å². The summed E-state index contributed by atoms with van der Waals surface area (Å²) in [6.45, 7) is 3.32.